The van der Waals surface area contributed by atoms with Gasteiger partial charge < -0.3 is 19.5 Å². The normalized spacial score (nSPS) is 18.5. The molecule has 27 heavy (non-hydrogen) atoms. The minimum atomic E-state index is -0.250. The number of nitrogens with zero attached hydrogens (tertiary/aromatic N) is 3. The number of aromatic hydroxyl groups is 1. The summed E-state index contributed by atoms with van der Waals surface area (Å²) >= 11 is 0. The number of rotatable bonds is 4. The van der Waals surface area contributed by atoms with Gasteiger partial charge in [0, 0.05) is 36.3 Å². The van der Waals surface area contributed by atoms with Crippen molar-refractivity contribution in [3.05, 3.63) is 66.7 Å². The number of pyridine rings is 1. The van der Waals surface area contributed by atoms with Gasteiger partial charge in [-0.3, -0.25) is 9.78 Å². The van der Waals surface area contributed by atoms with Gasteiger partial charge in [-0.2, -0.15) is 0 Å². The molecule has 1 aliphatic rings. The molecule has 3 aromatic rings. The summed E-state index contributed by atoms with van der Waals surface area (Å²) in [5.74, 6) is 1.57. The zero-order valence-electron chi connectivity index (χ0n) is 14.7. The monoisotopic (exact) mass is 367 g/mol. The van der Waals surface area contributed by atoms with Gasteiger partial charge in [0.05, 0.1) is 19.3 Å². The summed E-state index contributed by atoms with van der Waals surface area (Å²) < 4.78 is 7.97. The summed E-state index contributed by atoms with van der Waals surface area (Å²) in [5, 5.41) is 16.4. The van der Waals surface area contributed by atoms with Gasteiger partial charge in [0.15, 0.2) is 0 Å². The number of phenols is 1. The maximum Gasteiger partial charge on any atom is 0.290 e. The fourth-order valence-electron chi connectivity index (χ4n) is 3.33. The van der Waals surface area contributed by atoms with Crippen LogP contribution in [0.3, 0.4) is 0 Å². The van der Waals surface area contributed by atoms with Crippen molar-refractivity contribution in [2.24, 2.45) is 5.92 Å². The van der Waals surface area contributed by atoms with Crippen LogP contribution in [-0.2, 0) is 16.0 Å². The van der Waals surface area contributed by atoms with E-state index in [2.05, 4.69) is 26.7 Å². The van der Waals surface area contributed by atoms with Crippen molar-refractivity contribution in [1.82, 2.24) is 14.5 Å². The SMILES string of the molecule is O=CO.Oc1ccc(-c2nccn2[C@@H]2COC[C@H]2Cc2ccncc2)cc1. The number of carboxylic acid groups (broad SMARTS) is 1. The number of imidazole rings is 1. The Morgan fingerprint density at radius 2 is 1.81 bits per heavy atom. The summed E-state index contributed by atoms with van der Waals surface area (Å²) in [6.07, 6.45) is 8.46. The Bertz CT molecular complexity index is 849. The van der Waals surface area contributed by atoms with E-state index in [1.54, 1.807) is 12.1 Å². The first-order chi connectivity index (χ1) is 13.2. The molecule has 1 aromatic carbocycles. The molecule has 1 aliphatic heterocycles. The van der Waals surface area contributed by atoms with Crippen molar-refractivity contribution in [2.45, 2.75) is 12.5 Å². The molecule has 3 heterocycles. The van der Waals surface area contributed by atoms with Gasteiger partial charge >= 0.3 is 0 Å². The minimum Gasteiger partial charge on any atom is -0.508 e. The fourth-order valence-corrected chi connectivity index (χ4v) is 3.33. The zero-order chi connectivity index (χ0) is 19.1. The molecule has 1 fully saturated rings. The van der Waals surface area contributed by atoms with Gasteiger partial charge in [0.25, 0.3) is 6.47 Å². The third-order valence-corrected chi connectivity index (χ3v) is 4.56. The van der Waals surface area contributed by atoms with Crippen LogP contribution in [0.2, 0.25) is 0 Å². The maximum atomic E-state index is 9.49. The second kappa shape index (κ2) is 8.95. The van der Waals surface area contributed by atoms with Crippen molar-refractivity contribution >= 4 is 6.47 Å². The molecule has 0 aliphatic carbocycles. The highest BCUT2D eigenvalue weighted by molar-refractivity contribution is 5.57. The molecular weight excluding hydrogens is 346 g/mol. The highest BCUT2D eigenvalue weighted by Crippen LogP contribution is 2.32. The number of ether oxygens (including phenoxy) is 1. The molecule has 1 saturated heterocycles. The van der Waals surface area contributed by atoms with Crippen molar-refractivity contribution in [3.63, 3.8) is 0 Å². The van der Waals surface area contributed by atoms with E-state index in [9.17, 15) is 5.11 Å². The zero-order valence-corrected chi connectivity index (χ0v) is 14.7. The molecule has 0 saturated carbocycles. The van der Waals surface area contributed by atoms with Gasteiger partial charge in [0.2, 0.25) is 0 Å². The topological polar surface area (TPSA) is 97.5 Å². The average Bonchev–Trinajstić information content (AvgIpc) is 3.33. The summed E-state index contributed by atoms with van der Waals surface area (Å²) in [6, 6.07) is 11.5. The Balaban J connectivity index is 0.000000659. The predicted octanol–water partition coefficient (Wildman–Crippen LogP) is 2.78. The van der Waals surface area contributed by atoms with Gasteiger partial charge in [-0.1, -0.05) is 0 Å². The Labute approximate surface area is 156 Å². The van der Waals surface area contributed by atoms with Crippen molar-refractivity contribution < 1.29 is 19.7 Å². The molecule has 2 atom stereocenters. The van der Waals surface area contributed by atoms with Crippen molar-refractivity contribution in [2.75, 3.05) is 13.2 Å². The number of carbonyl (C=O) groups is 1. The Kier molecular flexibility index (Phi) is 6.17. The maximum absolute atomic E-state index is 9.49. The number of phenolic OH excluding ortho intramolecular Hbond substituents is 1. The first-order valence-electron chi connectivity index (χ1n) is 8.59. The lowest BCUT2D eigenvalue weighted by Gasteiger charge is -2.21. The van der Waals surface area contributed by atoms with Crippen LogP contribution in [0.15, 0.2) is 61.2 Å². The first kappa shape index (κ1) is 18.6. The molecule has 7 nitrogen and oxygen atoms in total. The van der Waals surface area contributed by atoms with E-state index in [0.29, 0.717) is 12.5 Å². The molecule has 4 rings (SSSR count). The van der Waals surface area contributed by atoms with E-state index in [1.807, 2.05) is 36.9 Å². The number of hydrogen-bond donors (Lipinski definition) is 2. The lowest BCUT2D eigenvalue weighted by atomic mass is 9.95. The summed E-state index contributed by atoms with van der Waals surface area (Å²) in [6.45, 7) is 1.19. The van der Waals surface area contributed by atoms with Crippen LogP contribution < -0.4 is 0 Å². The average molecular weight is 367 g/mol. The second-order valence-corrected chi connectivity index (χ2v) is 6.23. The quantitative estimate of drug-likeness (QED) is 0.688. The molecule has 0 spiro atoms. The summed E-state index contributed by atoms with van der Waals surface area (Å²) in [7, 11) is 0. The lowest BCUT2D eigenvalue weighted by molar-refractivity contribution is -0.122. The first-order valence-corrected chi connectivity index (χ1v) is 8.59. The van der Waals surface area contributed by atoms with E-state index in [0.717, 1.165) is 24.4 Å². The summed E-state index contributed by atoms with van der Waals surface area (Å²) in [4.78, 5) is 17.0. The molecule has 0 radical (unpaired) electrons. The summed E-state index contributed by atoms with van der Waals surface area (Å²) in [5.41, 5.74) is 2.27. The van der Waals surface area contributed by atoms with Gasteiger partial charge in [0.1, 0.15) is 11.6 Å². The molecule has 140 valence electrons. The molecule has 2 aromatic heterocycles. The second-order valence-electron chi connectivity index (χ2n) is 6.23. The standard InChI is InChI=1S/C19H19N3O2.CH2O2/c23-17-3-1-15(2-4-17)19-21-9-10-22(19)18-13-24-12-16(18)11-14-5-7-20-8-6-14;2-1-3/h1-10,16,18,23H,11-13H2;1H,(H,2,3)/t16-,18-;/m1./s1. The third-order valence-electron chi connectivity index (χ3n) is 4.56. The van der Waals surface area contributed by atoms with E-state index < -0.39 is 0 Å². The molecule has 0 unspecified atom stereocenters. The molecule has 2 N–H and O–H groups in total. The smallest absolute Gasteiger partial charge is 0.290 e. The molecule has 0 amide bonds. The van der Waals surface area contributed by atoms with Gasteiger partial charge in [-0.15, -0.1) is 0 Å². The predicted molar refractivity (Wildman–Crippen MR) is 99.3 cm³/mol. The van der Waals surface area contributed by atoms with E-state index >= 15 is 0 Å². The fraction of sp³-hybridized carbons (Fsp3) is 0.250. The van der Waals surface area contributed by atoms with E-state index in [1.165, 1.54) is 5.56 Å². The number of hydrogen-bond acceptors (Lipinski definition) is 5. The van der Waals surface area contributed by atoms with Crippen molar-refractivity contribution in [3.8, 4) is 17.1 Å². The number of aromatic nitrogens is 3. The Morgan fingerprint density at radius 1 is 1.11 bits per heavy atom. The number of benzene rings is 1. The highest BCUT2D eigenvalue weighted by atomic mass is 16.5. The van der Waals surface area contributed by atoms with Crippen molar-refractivity contribution in [1.29, 1.82) is 0 Å². The van der Waals surface area contributed by atoms with Gasteiger partial charge in [-0.25, -0.2) is 4.98 Å². The van der Waals surface area contributed by atoms with Crippen LogP contribution in [0.25, 0.3) is 11.4 Å². The van der Waals surface area contributed by atoms with Crippen LogP contribution in [0.1, 0.15) is 11.6 Å². The minimum absolute atomic E-state index is 0.250. The Hall–Kier alpha value is -3.19. The van der Waals surface area contributed by atoms with Crippen LogP contribution in [0.4, 0.5) is 0 Å². The van der Waals surface area contributed by atoms with Crippen LogP contribution in [-0.4, -0.2) is 44.4 Å². The third kappa shape index (κ3) is 4.51. The largest absolute Gasteiger partial charge is 0.508 e. The van der Waals surface area contributed by atoms with Gasteiger partial charge in [-0.05, 0) is 48.4 Å². The van der Waals surface area contributed by atoms with Crippen LogP contribution in [0.5, 0.6) is 5.75 Å². The molecular formula is C20H21N3O4. The molecule has 7 heteroatoms. The van der Waals surface area contributed by atoms with E-state index in [4.69, 9.17) is 14.6 Å². The van der Waals surface area contributed by atoms with Crippen LogP contribution >= 0.6 is 0 Å². The Morgan fingerprint density at radius 3 is 2.52 bits per heavy atom. The van der Waals surface area contributed by atoms with Crippen LogP contribution in [0, 0.1) is 5.92 Å². The lowest BCUT2D eigenvalue weighted by Crippen LogP contribution is -2.20. The van der Waals surface area contributed by atoms with E-state index in [-0.39, 0.29) is 18.3 Å². The molecule has 0 bridgehead atoms. The highest BCUT2D eigenvalue weighted by Gasteiger charge is 2.31.